The molecule has 0 spiro atoms. The van der Waals surface area contributed by atoms with Crippen LogP contribution in [-0.2, 0) is 17.9 Å². The van der Waals surface area contributed by atoms with Crippen LogP contribution in [0.2, 0.25) is 10.0 Å². The molecule has 3 aromatic rings. The fourth-order valence-corrected chi connectivity index (χ4v) is 6.68. The molecule has 9 heteroatoms. The number of hydrogen-bond acceptors (Lipinski definition) is 4. The van der Waals surface area contributed by atoms with Crippen LogP contribution in [0.5, 0.6) is 5.75 Å². The van der Waals surface area contributed by atoms with Crippen molar-refractivity contribution in [3.05, 3.63) is 98.9 Å². The molecule has 3 aromatic carbocycles. The highest BCUT2D eigenvalue weighted by molar-refractivity contribution is 14.1. The zero-order chi connectivity index (χ0) is 24.4. The van der Waals surface area contributed by atoms with Crippen LogP contribution in [0.25, 0.3) is 6.08 Å². The molecule has 0 radical (unpaired) electrons. The highest BCUT2D eigenvalue weighted by Crippen LogP contribution is 2.36. The number of thioether (sulfide) groups is 1. The predicted molar refractivity (Wildman–Crippen MR) is 155 cm³/mol. The Kier molecular flexibility index (Phi) is 8.50. The summed E-state index contributed by atoms with van der Waals surface area (Å²) in [4.78, 5) is 27.0. The second-order valence-corrected chi connectivity index (χ2v) is 11.8. The minimum Gasteiger partial charge on any atom is -0.487 e. The third-order valence-corrected chi connectivity index (χ3v) is 8.14. The maximum Gasteiger partial charge on any atom is 0.293 e. The Morgan fingerprint density at radius 2 is 1.68 bits per heavy atom. The van der Waals surface area contributed by atoms with Crippen molar-refractivity contribution in [3.8, 4) is 5.75 Å². The number of ether oxygens (including phenoxy) is 1. The van der Waals surface area contributed by atoms with E-state index < -0.39 is 0 Å². The molecule has 1 aliphatic heterocycles. The summed E-state index contributed by atoms with van der Waals surface area (Å²) in [6.45, 7) is 2.62. The summed E-state index contributed by atoms with van der Waals surface area (Å²) in [5.74, 6) is 0.454. The van der Waals surface area contributed by atoms with Crippen molar-refractivity contribution in [2.75, 3.05) is 0 Å². The number of benzene rings is 3. The van der Waals surface area contributed by atoms with Gasteiger partial charge in [0, 0.05) is 10.0 Å². The van der Waals surface area contributed by atoms with Gasteiger partial charge in [0.15, 0.2) is 0 Å². The van der Waals surface area contributed by atoms with Crippen LogP contribution in [0.15, 0.2) is 59.5 Å². The first-order valence-electron chi connectivity index (χ1n) is 10.1. The lowest BCUT2D eigenvalue weighted by molar-refractivity contribution is -0.123. The third kappa shape index (κ3) is 6.10. The Balaban J connectivity index is 1.50. The van der Waals surface area contributed by atoms with Gasteiger partial charge in [-0.3, -0.25) is 14.5 Å². The van der Waals surface area contributed by atoms with E-state index in [1.54, 1.807) is 24.3 Å². The van der Waals surface area contributed by atoms with E-state index in [9.17, 15) is 9.59 Å². The van der Waals surface area contributed by atoms with Gasteiger partial charge in [0.25, 0.3) is 11.1 Å². The SMILES string of the molecule is Cc1ccc(COc2c(I)cc(/C=C3\SC(=O)N(Cc4ccc(Cl)cc4Cl)C3=O)cc2I)cc1. The van der Waals surface area contributed by atoms with Crippen molar-refractivity contribution >= 4 is 97.4 Å². The highest BCUT2D eigenvalue weighted by atomic mass is 127. The Morgan fingerprint density at radius 1 is 1.00 bits per heavy atom. The van der Waals surface area contributed by atoms with E-state index in [2.05, 4.69) is 76.4 Å². The van der Waals surface area contributed by atoms with Crippen molar-refractivity contribution in [1.82, 2.24) is 4.90 Å². The molecular weight excluding hydrogens is 719 g/mol. The minimum atomic E-state index is -0.342. The van der Waals surface area contributed by atoms with Crippen molar-refractivity contribution < 1.29 is 14.3 Å². The summed E-state index contributed by atoms with van der Waals surface area (Å²) in [5, 5.41) is 0.587. The van der Waals surface area contributed by atoms with Gasteiger partial charge in [-0.15, -0.1) is 0 Å². The number of halogens is 4. The molecule has 4 nitrogen and oxygen atoms in total. The molecular formula is C25H17Cl2I2NO3S. The smallest absolute Gasteiger partial charge is 0.293 e. The molecule has 0 aromatic heterocycles. The number of aryl methyl sites for hydroxylation is 1. The van der Waals surface area contributed by atoms with Gasteiger partial charge in [0.05, 0.1) is 18.6 Å². The Labute approximate surface area is 239 Å². The van der Waals surface area contributed by atoms with E-state index in [1.807, 2.05) is 12.1 Å². The lowest BCUT2D eigenvalue weighted by atomic mass is 10.1. The number of amides is 2. The first kappa shape index (κ1) is 25.8. The average Bonchev–Trinajstić information content (AvgIpc) is 3.03. The first-order chi connectivity index (χ1) is 16.2. The number of carbonyl (C=O) groups is 2. The normalized spacial score (nSPS) is 14.9. The fraction of sp³-hybridized carbons (Fsp3) is 0.120. The van der Waals surface area contributed by atoms with Crippen LogP contribution < -0.4 is 4.74 Å². The quantitative estimate of drug-likeness (QED) is 0.189. The van der Waals surface area contributed by atoms with E-state index >= 15 is 0 Å². The molecule has 0 atom stereocenters. The molecule has 2 amide bonds. The van der Waals surface area contributed by atoms with Gasteiger partial charge in [0.2, 0.25) is 0 Å². The van der Waals surface area contributed by atoms with Gasteiger partial charge in [-0.25, -0.2) is 0 Å². The number of rotatable bonds is 6. The van der Waals surface area contributed by atoms with E-state index in [0.29, 0.717) is 27.1 Å². The second kappa shape index (κ2) is 11.2. The molecule has 0 aliphatic carbocycles. The molecule has 0 saturated carbocycles. The number of hydrogen-bond donors (Lipinski definition) is 0. The molecule has 0 unspecified atom stereocenters. The van der Waals surface area contributed by atoms with Gasteiger partial charge < -0.3 is 4.74 Å². The van der Waals surface area contributed by atoms with Crippen LogP contribution in [0.3, 0.4) is 0 Å². The number of nitrogens with zero attached hydrogens (tertiary/aromatic N) is 1. The summed E-state index contributed by atoms with van der Waals surface area (Å²) in [5.41, 5.74) is 3.79. The molecule has 1 fully saturated rings. The van der Waals surface area contributed by atoms with Crippen LogP contribution >= 0.6 is 80.1 Å². The van der Waals surface area contributed by atoms with Crippen LogP contribution in [-0.4, -0.2) is 16.0 Å². The van der Waals surface area contributed by atoms with Crippen molar-refractivity contribution in [2.45, 2.75) is 20.1 Å². The van der Waals surface area contributed by atoms with E-state index in [1.165, 1.54) is 10.5 Å². The maximum atomic E-state index is 12.9. The Hall–Kier alpha value is -1.27. The Bertz CT molecular complexity index is 1290. The van der Waals surface area contributed by atoms with Gasteiger partial charge in [-0.05, 0) is 111 Å². The lowest BCUT2D eigenvalue weighted by Crippen LogP contribution is -2.27. The molecule has 1 saturated heterocycles. The summed E-state index contributed by atoms with van der Waals surface area (Å²) < 4.78 is 7.92. The number of carbonyl (C=O) groups excluding carboxylic acids is 2. The van der Waals surface area contributed by atoms with Gasteiger partial charge in [-0.2, -0.15) is 0 Å². The van der Waals surface area contributed by atoms with Gasteiger partial charge in [-0.1, -0.05) is 59.1 Å². The monoisotopic (exact) mass is 735 g/mol. The molecule has 4 rings (SSSR count). The average molecular weight is 736 g/mol. The van der Waals surface area contributed by atoms with Crippen LogP contribution in [0, 0.1) is 14.1 Å². The molecule has 1 heterocycles. The Morgan fingerprint density at radius 3 is 2.32 bits per heavy atom. The van der Waals surface area contributed by atoms with E-state index in [0.717, 1.165) is 35.8 Å². The zero-order valence-corrected chi connectivity index (χ0v) is 24.4. The van der Waals surface area contributed by atoms with Crippen molar-refractivity contribution in [1.29, 1.82) is 0 Å². The largest absolute Gasteiger partial charge is 0.487 e. The summed E-state index contributed by atoms with van der Waals surface area (Å²) in [6, 6.07) is 17.1. The fourth-order valence-electron chi connectivity index (χ4n) is 3.25. The molecule has 0 bridgehead atoms. The standard InChI is InChI=1S/C25H17Cl2I2NO3S/c1-14-2-4-15(5-3-14)13-33-23-20(28)8-16(9-21(23)29)10-22-24(31)30(25(32)34-22)12-17-6-7-18(26)11-19(17)27/h2-11H,12-13H2,1H3/b22-10-. The summed E-state index contributed by atoms with van der Waals surface area (Å²) in [7, 11) is 0. The highest BCUT2D eigenvalue weighted by Gasteiger charge is 2.35. The zero-order valence-electron chi connectivity index (χ0n) is 17.8. The van der Waals surface area contributed by atoms with Gasteiger partial charge in [0.1, 0.15) is 12.4 Å². The number of imide groups is 1. The topological polar surface area (TPSA) is 46.6 Å². The van der Waals surface area contributed by atoms with E-state index in [4.69, 9.17) is 27.9 Å². The summed E-state index contributed by atoms with van der Waals surface area (Å²) >= 11 is 17.5. The van der Waals surface area contributed by atoms with Crippen molar-refractivity contribution in [2.24, 2.45) is 0 Å². The third-order valence-electron chi connectivity index (χ3n) is 5.04. The maximum absolute atomic E-state index is 12.9. The molecule has 1 aliphatic rings. The van der Waals surface area contributed by atoms with Crippen LogP contribution in [0.1, 0.15) is 22.3 Å². The predicted octanol–water partition coefficient (Wildman–Crippen LogP) is 8.33. The molecule has 0 N–H and O–H groups in total. The summed E-state index contributed by atoms with van der Waals surface area (Å²) in [6.07, 6.45) is 1.74. The van der Waals surface area contributed by atoms with E-state index in [-0.39, 0.29) is 17.7 Å². The molecule has 174 valence electrons. The van der Waals surface area contributed by atoms with Crippen molar-refractivity contribution in [3.63, 3.8) is 0 Å². The second-order valence-electron chi connectivity index (χ2n) is 7.59. The molecule has 34 heavy (non-hydrogen) atoms. The minimum absolute atomic E-state index is 0.0961. The van der Waals surface area contributed by atoms with Crippen LogP contribution in [0.4, 0.5) is 4.79 Å². The van der Waals surface area contributed by atoms with Gasteiger partial charge >= 0.3 is 0 Å². The lowest BCUT2D eigenvalue weighted by Gasteiger charge is -2.14. The first-order valence-corrected chi connectivity index (χ1v) is 13.8.